The molecule has 1 N–H and O–H groups in total. The number of aromatic nitrogens is 1. The first-order chi connectivity index (χ1) is 16.9. The molecule has 190 valence electrons. The number of likely N-dealkylation sites (tertiary alicyclic amines) is 1. The maximum Gasteiger partial charge on any atom is 0.274 e. The van der Waals surface area contributed by atoms with Gasteiger partial charge in [-0.1, -0.05) is 50.4 Å². The van der Waals surface area contributed by atoms with E-state index in [1.165, 1.54) is 25.8 Å². The first-order valence-electron chi connectivity index (χ1n) is 13.0. The SMILES string of the molecule is CCN(CC)CCCCC1CCN(CC(=O)N2c3ccccc3NC(=O)c3c2c(Cl)cn3C)CC1. The average molecular weight is 500 g/mol. The molecule has 2 amide bonds. The monoisotopic (exact) mass is 499 g/mol. The molecule has 1 aromatic carbocycles. The number of unbranched alkanes of at least 4 members (excludes halogenated alkanes) is 1. The van der Waals surface area contributed by atoms with Crippen LogP contribution in [-0.2, 0) is 11.8 Å². The van der Waals surface area contributed by atoms with E-state index in [2.05, 4.69) is 29.0 Å². The van der Waals surface area contributed by atoms with Crippen LogP contribution in [0.2, 0.25) is 5.02 Å². The molecule has 0 unspecified atom stereocenters. The van der Waals surface area contributed by atoms with E-state index >= 15 is 0 Å². The number of nitrogens with one attached hydrogen (secondary N) is 1. The van der Waals surface area contributed by atoms with E-state index in [0.717, 1.165) is 44.9 Å². The molecule has 1 fully saturated rings. The molecule has 35 heavy (non-hydrogen) atoms. The molecule has 0 bridgehead atoms. The number of hydrogen-bond acceptors (Lipinski definition) is 4. The van der Waals surface area contributed by atoms with E-state index in [4.69, 9.17) is 11.6 Å². The minimum atomic E-state index is -0.265. The number of carbonyl (C=O) groups excluding carboxylic acids is 2. The maximum absolute atomic E-state index is 13.7. The lowest BCUT2D eigenvalue weighted by molar-refractivity contribution is -0.119. The number of piperidine rings is 1. The van der Waals surface area contributed by atoms with E-state index in [1.54, 1.807) is 22.7 Å². The van der Waals surface area contributed by atoms with Gasteiger partial charge in [0.2, 0.25) is 5.91 Å². The number of amides is 2. The van der Waals surface area contributed by atoms with Gasteiger partial charge in [0, 0.05) is 13.2 Å². The van der Waals surface area contributed by atoms with Crippen LogP contribution in [0.15, 0.2) is 30.5 Å². The molecule has 3 heterocycles. The fourth-order valence-corrected chi connectivity index (χ4v) is 5.72. The molecule has 0 saturated carbocycles. The summed E-state index contributed by atoms with van der Waals surface area (Å²) in [5, 5.41) is 3.33. The number of benzene rings is 1. The van der Waals surface area contributed by atoms with Crippen molar-refractivity contribution in [1.29, 1.82) is 0 Å². The summed E-state index contributed by atoms with van der Waals surface area (Å²) in [6, 6.07) is 7.40. The zero-order valence-corrected chi connectivity index (χ0v) is 22.0. The van der Waals surface area contributed by atoms with Crippen molar-refractivity contribution in [3.63, 3.8) is 0 Å². The second-order valence-corrected chi connectivity index (χ2v) is 10.1. The summed E-state index contributed by atoms with van der Waals surface area (Å²) in [6.07, 6.45) is 7.77. The first kappa shape index (κ1) is 25.7. The highest BCUT2D eigenvalue weighted by atomic mass is 35.5. The van der Waals surface area contributed by atoms with Gasteiger partial charge in [0.1, 0.15) is 5.69 Å². The van der Waals surface area contributed by atoms with Crippen molar-refractivity contribution in [1.82, 2.24) is 14.4 Å². The fourth-order valence-electron chi connectivity index (χ4n) is 5.40. The standard InChI is InChI=1S/C27H38ClN5O2/c1-4-31(5-2)15-9-8-10-20-13-16-32(17-14-20)19-24(34)33-23-12-7-6-11-22(23)29-27(35)26-25(33)21(28)18-30(26)3/h6-7,11-12,18,20H,4-5,8-10,13-17,19H2,1-3H3,(H,29,35). The Bertz CT molecular complexity index is 1040. The van der Waals surface area contributed by atoms with Gasteiger partial charge in [-0.3, -0.25) is 19.4 Å². The molecule has 0 radical (unpaired) electrons. The predicted octanol–water partition coefficient (Wildman–Crippen LogP) is 5.13. The molecule has 8 heteroatoms. The van der Waals surface area contributed by atoms with Crippen molar-refractivity contribution in [3.8, 4) is 0 Å². The number of para-hydroxylation sites is 2. The van der Waals surface area contributed by atoms with Crippen molar-refractivity contribution in [2.75, 3.05) is 49.5 Å². The molecule has 2 aromatic rings. The Labute approximate surface area is 214 Å². The summed E-state index contributed by atoms with van der Waals surface area (Å²) in [5.74, 6) is 0.411. The summed E-state index contributed by atoms with van der Waals surface area (Å²) in [5.41, 5.74) is 2.12. The van der Waals surface area contributed by atoms with Gasteiger partial charge in [0.15, 0.2) is 0 Å². The van der Waals surface area contributed by atoms with Gasteiger partial charge in [-0.2, -0.15) is 0 Å². The lowest BCUT2D eigenvalue weighted by Gasteiger charge is -2.33. The van der Waals surface area contributed by atoms with Crippen LogP contribution in [0.5, 0.6) is 0 Å². The third kappa shape index (κ3) is 5.74. The number of aryl methyl sites for hydroxylation is 1. The summed E-state index contributed by atoms with van der Waals surface area (Å²) < 4.78 is 1.69. The fraction of sp³-hybridized carbons (Fsp3) is 0.556. The molecule has 0 atom stereocenters. The summed E-state index contributed by atoms with van der Waals surface area (Å²) in [4.78, 5) is 33.0. The van der Waals surface area contributed by atoms with E-state index in [-0.39, 0.29) is 11.8 Å². The molecule has 1 saturated heterocycles. The van der Waals surface area contributed by atoms with E-state index in [9.17, 15) is 9.59 Å². The normalized spacial score (nSPS) is 16.7. The van der Waals surface area contributed by atoms with Crippen molar-refractivity contribution in [2.24, 2.45) is 13.0 Å². The highest BCUT2D eigenvalue weighted by Gasteiger charge is 2.34. The molecule has 0 spiro atoms. The maximum atomic E-state index is 13.7. The predicted molar refractivity (Wildman–Crippen MR) is 143 cm³/mol. The Morgan fingerprint density at radius 1 is 1.14 bits per heavy atom. The Morgan fingerprint density at radius 3 is 2.57 bits per heavy atom. The summed E-state index contributed by atoms with van der Waals surface area (Å²) in [7, 11) is 1.77. The lowest BCUT2D eigenvalue weighted by atomic mass is 9.91. The van der Waals surface area contributed by atoms with Crippen molar-refractivity contribution < 1.29 is 9.59 Å². The van der Waals surface area contributed by atoms with E-state index in [0.29, 0.717) is 34.3 Å². The molecular weight excluding hydrogens is 462 g/mol. The number of halogens is 1. The quantitative estimate of drug-likeness (QED) is 0.486. The summed E-state index contributed by atoms with van der Waals surface area (Å²) >= 11 is 6.56. The molecule has 0 aliphatic carbocycles. The molecular formula is C27H38ClN5O2. The number of nitrogens with zero attached hydrogens (tertiary/aromatic N) is 4. The molecule has 7 nitrogen and oxygen atoms in total. The zero-order valence-electron chi connectivity index (χ0n) is 21.2. The topological polar surface area (TPSA) is 60.8 Å². The lowest BCUT2D eigenvalue weighted by Crippen LogP contribution is -2.42. The van der Waals surface area contributed by atoms with Crippen LogP contribution in [-0.4, -0.2) is 65.4 Å². The Balaban J connectivity index is 1.39. The van der Waals surface area contributed by atoms with Crippen LogP contribution in [0.1, 0.15) is 56.4 Å². The highest BCUT2D eigenvalue weighted by Crippen LogP contribution is 2.42. The third-order valence-electron chi connectivity index (χ3n) is 7.49. The summed E-state index contributed by atoms with van der Waals surface area (Å²) in [6.45, 7) is 10.1. The largest absolute Gasteiger partial charge is 0.343 e. The van der Waals surface area contributed by atoms with Gasteiger partial charge < -0.3 is 14.8 Å². The Hall–Kier alpha value is -2.35. The molecule has 2 aliphatic rings. The number of carbonyl (C=O) groups is 2. The second kappa shape index (κ2) is 11.6. The van der Waals surface area contributed by atoms with Crippen LogP contribution < -0.4 is 10.2 Å². The van der Waals surface area contributed by atoms with Crippen LogP contribution >= 0.6 is 11.6 Å². The molecule has 1 aromatic heterocycles. The van der Waals surface area contributed by atoms with Crippen molar-refractivity contribution in [2.45, 2.75) is 46.0 Å². The Morgan fingerprint density at radius 2 is 1.86 bits per heavy atom. The van der Waals surface area contributed by atoms with E-state index < -0.39 is 0 Å². The van der Waals surface area contributed by atoms with Crippen molar-refractivity contribution in [3.05, 3.63) is 41.2 Å². The molecule has 2 aliphatic heterocycles. The number of fused-ring (bicyclic) bond motifs is 2. The minimum absolute atomic E-state index is 0.0685. The van der Waals surface area contributed by atoms with E-state index in [1.807, 2.05) is 24.3 Å². The second-order valence-electron chi connectivity index (χ2n) is 9.73. The van der Waals surface area contributed by atoms with Gasteiger partial charge in [0.25, 0.3) is 5.91 Å². The van der Waals surface area contributed by atoms with Crippen LogP contribution in [0.4, 0.5) is 17.1 Å². The highest BCUT2D eigenvalue weighted by molar-refractivity contribution is 6.36. The average Bonchev–Trinajstić information content (AvgIpc) is 3.06. The van der Waals surface area contributed by atoms with Gasteiger partial charge >= 0.3 is 0 Å². The Kier molecular flexibility index (Phi) is 8.52. The minimum Gasteiger partial charge on any atom is -0.343 e. The van der Waals surface area contributed by atoms with Gasteiger partial charge in [0.05, 0.1) is 28.6 Å². The zero-order chi connectivity index (χ0) is 24.9. The van der Waals surface area contributed by atoms with Crippen molar-refractivity contribution >= 4 is 40.5 Å². The van der Waals surface area contributed by atoms with Crippen LogP contribution in [0.25, 0.3) is 0 Å². The number of anilines is 3. The van der Waals surface area contributed by atoms with Gasteiger partial charge in [-0.05, 0) is 70.0 Å². The van der Waals surface area contributed by atoms with Crippen LogP contribution in [0.3, 0.4) is 0 Å². The van der Waals surface area contributed by atoms with Crippen LogP contribution in [0, 0.1) is 5.92 Å². The third-order valence-corrected chi connectivity index (χ3v) is 7.77. The number of hydrogen-bond donors (Lipinski definition) is 1. The van der Waals surface area contributed by atoms with Gasteiger partial charge in [-0.15, -0.1) is 0 Å². The smallest absolute Gasteiger partial charge is 0.274 e. The first-order valence-corrected chi connectivity index (χ1v) is 13.3. The number of rotatable bonds is 9. The molecule has 4 rings (SSSR count). The van der Waals surface area contributed by atoms with Gasteiger partial charge in [-0.25, -0.2) is 0 Å².